The first-order chi connectivity index (χ1) is 8.53. The van der Waals surface area contributed by atoms with Crippen molar-refractivity contribution in [2.75, 3.05) is 39.3 Å². The van der Waals surface area contributed by atoms with Crippen LogP contribution in [0.4, 0.5) is 0 Å². The Morgan fingerprint density at radius 3 is 2.78 bits per heavy atom. The van der Waals surface area contributed by atoms with Gasteiger partial charge >= 0.3 is 0 Å². The van der Waals surface area contributed by atoms with E-state index in [0.717, 1.165) is 39.1 Å². The Hall–Kier alpha value is -0.650. The lowest BCUT2D eigenvalue weighted by molar-refractivity contribution is -0.140. The molecule has 5 nitrogen and oxygen atoms in total. The summed E-state index contributed by atoms with van der Waals surface area (Å²) in [5.74, 6) is 0.207. The lowest BCUT2D eigenvalue weighted by Crippen LogP contribution is -2.60. The number of carbonyl (C=O) groups excluding carboxylic acids is 1. The van der Waals surface area contributed by atoms with Gasteiger partial charge in [0.2, 0.25) is 5.91 Å². The first-order valence-electron chi connectivity index (χ1n) is 6.87. The first kappa shape index (κ1) is 13.8. The number of hydrogen-bond donors (Lipinski definition) is 1. The van der Waals surface area contributed by atoms with Gasteiger partial charge in [0, 0.05) is 38.3 Å². The lowest BCUT2D eigenvalue weighted by atomic mass is 10.0. The van der Waals surface area contributed by atoms with Gasteiger partial charge in [-0.05, 0) is 26.7 Å². The molecule has 0 bridgehead atoms. The average Bonchev–Trinajstić information content (AvgIpc) is 2.84. The molecule has 2 aliphatic rings. The zero-order chi connectivity index (χ0) is 13.2. The summed E-state index contributed by atoms with van der Waals surface area (Å²) in [6, 6.07) is 0. The van der Waals surface area contributed by atoms with Crippen LogP contribution in [0.5, 0.6) is 0 Å². The maximum atomic E-state index is 12.1. The van der Waals surface area contributed by atoms with Crippen molar-refractivity contribution in [1.29, 1.82) is 0 Å². The average molecular weight is 255 g/mol. The second-order valence-corrected chi connectivity index (χ2v) is 5.91. The Bertz CT molecular complexity index is 301. The van der Waals surface area contributed by atoms with Crippen LogP contribution < -0.4 is 5.73 Å². The summed E-state index contributed by atoms with van der Waals surface area (Å²) in [5, 5.41) is 0. The van der Waals surface area contributed by atoms with Crippen LogP contribution >= 0.6 is 0 Å². The molecule has 0 aliphatic carbocycles. The third-order valence-electron chi connectivity index (χ3n) is 4.12. The van der Waals surface area contributed by atoms with Crippen molar-refractivity contribution in [3.8, 4) is 0 Å². The van der Waals surface area contributed by atoms with E-state index >= 15 is 0 Å². The van der Waals surface area contributed by atoms with Crippen LogP contribution in [0.25, 0.3) is 0 Å². The summed E-state index contributed by atoms with van der Waals surface area (Å²) >= 11 is 0. The van der Waals surface area contributed by atoms with Gasteiger partial charge < -0.3 is 15.4 Å². The number of amides is 1. The standard InChI is InChI=1S/C13H25N3O2/c1-13(2,10-14)16-6-5-15(12(17)9-16)8-11-4-3-7-18-11/h11H,3-10,14H2,1-2H3. The molecule has 5 heteroatoms. The van der Waals surface area contributed by atoms with Gasteiger partial charge in [0.15, 0.2) is 0 Å². The van der Waals surface area contributed by atoms with Crippen LogP contribution in [0.2, 0.25) is 0 Å². The van der Waals surface area contributed by atoms with E-state index in [-0.39, 0.29) is 17.6 Å². The van der Waals surface area contributed by atoms with Crippen LogP contribution in [-0.4, -0.2) is 66.7 Å². The van der Waals surface area contributed by atoms with Crippen molar-refractivity contribution < 1.29 is 9.53 Å². The van der Waals surface area contributed by atoms with Crippen LogP contribution in [0.15, 0.2) is 0 Å². The zero-order valence-electron chi connectivity index (χ0n) is 11.5. The van der Waals surface area contributed by atoms with Crippen molar-refractivity contribution in [3.63, 3.8) is 0 Å². The Kier molecular flexibility index (Phi) is 4.25. The van der Waals surface area contributed by atoms with E-state index in [4.69, 9.17) is 10.5 Å². The minimum Gasteiger partial charge on any atom is -0.376 e. The molecule has 1 unspecified atom stereocenters. The van der Waals surface area contributed by atoms with E-state index in [2.05, 4.69) is 18.7 Å². The van der Waals surface area contributed by atoms with Gasteiger partial charge in [0.05, 0.1) is 12.6 Å². The van der Waals surface area contributed by atoms with Crippen LogP contribution in [-0.2, 0) is 9.53 Å². The number of piperazine rings is 1. The van der Waals surface area contributed by atoms with Gasteiger partial charge in [-0.15, -0.1) is 0 Å². The highest BCUT2D eigenvalue weighted by atomic mass is 16.5. The molecule has 0 spiro atoms. The van der Waals surface area contributed by atoms with Crippen LogP contribution in [0, 0.1) is 0 Å². The predicted molar refractivity (Wildman–Crippen MR) is 70.3 cm³/mol. The molecule has 0 aromatic carbocycles. The second kappa shape index (κ2) is 5.55. The van der Waals surface area contributed by atoms with Gasteiger partial charge in [-0.2, -0.15) is 0 Å². The Morgan fingerprint density at radius 2 is 2.22 bits per heavy atom. The number of rotatable bonds is 4. The maximum absolute atomic E-state index is 12.1. The fourth-order valence-corrected chi connectivity index (χ4v) is 2.58. The Morgan fingerprint density at radius 1 is 1.44 bits per heavy atom. The molecule has 104 valence electrons. The van der Waals surface area contributed by atoms with E-state index in [1.165, 1.54) is 0 Å². The molecule has 2 saturated heterocycles. The Balaban J connectivity index is 1.86. The summed E-state index contributed by atoms with van der Waals surface area (Å²) in [6.45, 7) is 8.55. The minimum absolute atomic E-state index is 0.0917. The fraction of sp³-hybridized carbons (Fsp3) is 0.923. The second-order valence-electron chi connectivity index (χ2n) is 5.91. The van der Waals surface area contributed by atoms with E-state index < -0.39 is 0 Å². The number of nitrogens with zero attached hydrogens (tertiary/aromatic N) is 2. The molecule has 2 heterocycles. The van der Waals surface area contributed by atoms with Gasteiger partial charge in [-0.25, -0.2) is 0 Å². The predicted octanol–water partition coefficient (Wildman–Crippen LogP) is 0.0469. The molecular formula is C13H25N3O2. The lowest BCUT2D eigenvalue weighted by Gasteiger charge is -2.43. The smallest absolute Gasteiger partial charge is 0.236 e. The SMILES string of the molecule is CC(C)(CN)N1CCN(CC2CCCO2)C(=O)C1. The monoisotopic (exact) mass is 255 g/mol. The molecule has 0 radical (unpaired) electrons. The van der Waals surface area contributed by atoms with Crippen molar-refractivity contribution in [2.24, 2.45) is 5.73 Å². The summed E-state index contributed by atoms with van der Waals surface area (Å²) in [7, 11) is 0. The summed E-state index contributed by atoms with van der Waals surface area (Å²) in [5.41, 5.74) is 5.67. The highest BCUT2D eigenvalue weighted by molar-refractivity contribution is 5.79. The Labute approximate surface area is 109 Å². The number of hydrogen-bond acceptors (Lipinski definition) is 4. The molecular weight excluding hydrogens is 230 g/mol. The normalized spacial score (nSPS) is 26.9. The van der Waals surface area contributed by atoms with Gasteiger partial charge in [-0.3, -0.25) is 9.69 Å². The summed E-state index contributed by atoms with van der Waals surface area (Å²) in [6.07, 6.45) is 2.46. The molecule has 2 N–H and O–H groups in total. The largest absolute Gasteiger partial charge is 0.376 e. The zero-order valence-corrected chi connectivity index (χ0v) is 11.5. The molecule has 0 saturated carbocycles. The molecule has 2 fully saturated rings. The third-order valence-corrected chi connectivity index (χ3v) is 4.12. The topological polar surface area (TPSA) is 58.8 Å². The van der Waals surface area contributed by atoms with E-state index in [9.17, 15) is 4.79 Å². The van der Waals surface area contributed by atoms with E-state index in [0.29, 0.717) is 13.1 Å². The summed E-state index contributed by atoms with van der Waals surface area (Å²) in [4.78, 5) is 16.3. The third kappa shape index (κ3) is 3.02. The minimum atomic E-state index is -0.0917. The van der Waals surface area contributed by atoms with Crippen molar-refractivity contribution >= 4 is 5.91 Å². The number of ether oxygens (including phenoxy) is 1. The number of nitrogens with two attached hydrogens (primary N) is 1. The van der Waals surface area contributed by atoms with E-state index in [1.807, 2.05) is 4.90 Å². The number of carbonyl (C=O) groups is 1. The first-order valence-corrected chi connectivity index (χ1v) is 6.87. The van der Waals surface area contributed by atoms with Gasteiger partial charge in [-0.1, -0.05) is 0 Å². The maximum Gasteiger partial charge on any atom is 0.236 e. The van der Waals surface area contributed by atoms with Crippen LogP contribution in [0.3, 0.4) is 0 Å². The summed E-state index contributed by atoms with van der Waals surface area (Å²) < 4.78 is 5.59. The molecule has 0 aromatic heterocycles. The molecule has 0 aromatic rings. The highest BCUT2D eigenvalue weighted by Crippen LogP contribution is 2.18. The van der Waals surface area contributed by atoms with Crippen molar-refractivity contribution in [3.05, 3.63) is 0 Å². The van der Waals surface area contributed by atoms with Crippen LogP contribution in [0.1, 0.15) is 26.7 Å². The molecule has 1 atom stereocenters. The van der Waals surface area contributed by atoms with Gasteiger partial charge in [0.25, 0.3) is 0 Å². The molecule has 2 rings (SSSR count). The fourth-order valence-electron chi connectivity index (χ4n) is 2.58. The van der Waals surface area contributed by atoms with Gasteiger partial charge in [0.1, 0.15) is 0 Å². The van der Waals surface area contributed by atoms with E-state index in [1.54, 1.807) is 0 Å². The quantitative estimate of drug-likeness (QED) is 0.771. The highest BCUT2D eigenvalue weighted by Gasteiger charge is 2.33. The van der Waals surface area contributed by atoms with Crippen molar-refractivity contribution in [1.82, 2.24) is 9.80 Å². The molecule has 18 heavy (non-hydrogen) atoms. The molecule has 1 amide bonds. The molecule has 2 aliphatic heterocycles. The van der Waals surface area contributed by atoms with Crippen molar-refractivity contribution in [2.45, 2.75) is 38.3 Å².